The molecule has 1 aromatic carbocycles. The number of anilines is 2. The lowest BCUT2D eigenvalue weighted by atomic mass is 10.2. The van der Waals surface area contributed by atoms with Crippen LogP contribution in [-0.2, 0) is 0 Å². The Morgan fingerprint density at radius 1 is 1.21 bits per heavy atom. The summed E-state index contributed by atoms with van der Waals surface area (Å²) < 4.78 is 4.89. The number of aromatic nitrogens is 3. The second-order valence-electron chi connectivity index (χ2n) is 3.71. The fourth-order valence-corrected chi connectivity index (χ4v) is 1.47. The van der Waals surface area contributed by atoms with Crippen molar-refractivity contribution in [1.29, 1.82) is 0 Å². The van der Waals surface area contributed by atoms with Crippen LogP contribution in [0.5, 0.6) is 6.01 Å². The van der Waals surface area contributed by atoms with Gasteiger partial charge in [-0.2, -0.15) is 15.0 Å². The van der Waals surface area contributed by atoms with Crippen LogP contribution in [0.1, 0.15) is 10.4 Å². The Morgan fingerprint density at radius 2 is 1.89 bits per heavy atom. The van der Waals surface area contributed by atoms with Gasteiger partial charge < -0.3 is 10.5 Å². The molecule has 0 aliphatic rings. The van der Waals surface area contributed by atoms with Gasteiger partial charge in [0.15, 0.2) is 0 Å². The molecule has 2 aromatic rings. The zero-order valence-electron chi connectivity index (χ0n) is 10.6. The van der Waals surface area contributed by atoms with Crippen LogP contribution in [0.3, 0.4) is 0 Å². The highest BCUT2D eigenvalue weighted by Gasteiger charge is 2.17. The summed E-state index contributed by atoms with van der Waals surface area (Å²) in [5.41, 5.74) is 6.06. The van der Waals surface area contributed by atoms with Crippen molar-refractivity contribution in [2.75, 3.05) is 24.8 Å². The smallest absolute Gasteiger partial charge is 0.322 e. The minimum atomic E-state index is -0.242. The molecule has 0 atom stereocenters. The van der Waals surface area contributed by atoms with Gasteiger partial charge in [0.25, 0.3) is 5.91 Å². The van der Waals surface area contributed by atoms with Crippen molar-refractivity contribution in [3.05, 3.63) is 35.9 Å². The molecule has 0 aliphatic carbocycles. The van der Waals surface area contributed by atoms with Crippen LogP contribution >= 0.6 is 0 Å². The first-order valence-electron chi connectivity index (χ1n) is 5.50. The Bertz CT molecular complexity index is 588. The maximum absolute atomic E-state index is 12.2. The molecule has 1 amide bonds. The van der Waals surface area contributed by atoms with E-state index in [-0.39, 0.29) is 23.8 Å². The van der Waals surface area contributed by atoms with E-state index < -0.39 is 0 Å². The number of hydrogen-bond acceptors (Lipinski definition) is 6. The lowest BCUT2D eigenvalue weighted by Crippen LogP contribution is -2.28. The molecule has 98 valence electrons. The quantitative estimate of drug-likeness (QED) is 0.873. The number of nitrogen functional groups attached to an aromatic ring is 1. The van der Waals surface area contributed by atoms with Gasteiger partial charge in [0.1, 0.15) is 0 Å². The minimum Gasteiger partial charge on any atom is -0.467 e. The molecule has 0 bridgehead atoms. The highest BCUT2D eigenvalue weighted by atomic mass is 16.5. The second-order valence-corrected chi connectivity index (χ2v) is 3.71. The van der Waals surface area contributed by atoms with Crippen LogP contribution in [0.2, 0.25) is 0 Å². The fraction of sp³-hybridized carbons (Fsp3) is 0.167. The number of ether oxygens (including phenoxy) is 1. The van der Waals surface area contributed by atoms with Crippen LogP contribution in [0, 0.1) is 0 Å². The number of nitrogens with zero attached hydrogens (tertiary/aromatic N) is 4. The first-order valence-corrected chi connectivity index (χ1v) is 5.50. The van der Waals surface area contributed by atoms with E-state index in [1.54, 1.807) is 31.3 Å². The van der Waals surface area contributed by atoms with Crippen molar-refractivity contribution in [2.45, 2.75) is 0 Å². The van der Waals surface area contributed by atoms with E-state index in [4.69, 9.17) is 10.5 Å². The van der Waals surface area contributed by atoms with Crippen LogP contribution in [0.4, 0.5) is 11.9 Å². The maximum Gasteiger partial charge on any atom is 0.322 e. The highest BCUT2D eigenvalue weighted by Crippen LogP contribution is 2.14. The van der Waals surface area contributed by atoms with E-state index >= 15 is 0 Å². The normalized spacial score (nSPS) is 10.0. The Hall–Kier alpha value is -2.70. The third-order valence-corrected chi connectivity index (χ3v) is 2.43. The van der Waals surface area contributed by atoms with E-state index in [1.165, 1.54) is 12.0 Å². The van der Waals surface area contributed by atoms with Gasteiger partial charge in [-0.1, -0.05) is 18.2 Å². The van der Waals surface area contributed by atoms with Crippen molar-refractivity contribution in [3.63, 3.8) is 0 Å². The van der Waals surface area contributed by atoms with Crippen molar-refractivity contribution in [2.24, 2.45) is 0 Å². The van der Waals surface area contributed by atoms with Gasteiger partial charge in [-0.15, -0.1) is 0 Å². The van der Waals surface area contributed by atoms with Crippen molar-refractivity contribution < 1.29 is 9.53 Å². The Kier molecular flexibility index (Phi) is 3.56. The summed E-state index contributed by atoms with van der Waals surface area (Å²) in [5, 5.41) is 0. The first kappa shape index (κ1) is 12.7. The van der Waals surface area contributed by atoms with Crippen LogP contribution < -0.4 is 15.4 Å². The molecule has 2 rings (SSSR count). The average molecular weight is 259 g/mol. The molecule has 0 unspecified atom stereocenters. The third-order valence-electron chi connectivity index (χ3n) is 2.43. The molecule has 1 aromatic heterocycles. The SMILES string of the molecule is COc1nc(N)nc(N(C)C(=O)c2ccccc2)n1. The second kappa shape index (κ2) is 5.30. The van der Waals surface area contributed by atoms with Crippen molar-refractivity contribution in [3.8, 4) is 6.01 Å². The van der Waals surface area contributed by atoms with E-state index in [9.17, 15) is 4.79 Å². The van der Waals surface area contributed by atoms with Gasteiger partial charge in [0.2, 0.25) is 11.9 Å². The molecule has 0 saturated carbocycles. The summed E-state index contributed by atoms with van der Waals surface area (Å²) >= 11 is 0. The monoisotopic (exact) mass is 259 g/mol. The predicted octanol–water partition coefficient (Wildman–Crippen LogP) is 0.739. The highest BCUT2D eigenvalue weighted by molar-refractivity contribution is 6.04. The number of benzene rings is 1. The van der Waals surface area contributed by atoms with Gasteiger partial charge in [-0.05, 0) is 12.1 Å². The van der Waals surface area contributed by atoms with E-state index in [0.717, 1.165) is 0 Å². The minimum absolute atomic E-state index is 0.00504. The zero-order valence-corrected chi connectivity index (χ0v) is 10.6. The number of carbonyl (C=O) groups excluding carboxylic acids is 1. The molecule has 0 radical (unpaired) electrons. The molecule has 7 heteroatoms. The summed E-state index contributed by atoms with van der Waals surface area (Å²) in [6.07, 6.45) is 0. The molecular formula is C12H13N5O2. The number of nitrogens with two attached hydrogens (primary N) is 1. The Labute approximate surface area is 110 Å². The number of hydrogen-bond donors (Lipinski definition) is 1. The van der Waals surface area contributed by atoms with Crippen LogP contribution in [0.15, 0.2) is 30.3 Å². The summed E-state index contributed by atoms with van der Waals surface area (Å²) in [6.45, 7) is 0. The number of methoxy groups -OCH3 is 1. The molecule has 19 heavy (non-hydrogen) atoms. The molecular weight excluding hydrogens is 246 g/mol. The third kappa shape index (κ3) is 2.76. The summed E-state index contributed by atoms with van der Waals surface area (Å²) in [7, 11) is 2.97. The van der Waals surface area contributed by atoms with Gasteiger partial charge in [0.05, 0.1) is 7.11 Å². The number of carbonyl (C=O) groups is 1. The number of rotatable bonds is 3. The topological polar surface area (TPSA) is 94.2 Å². The van der Waals surface area contributed by atoms with E-state index in [0.29, 0.717) is 5.56 Å². The lowest BCUT2D eigenvalue weighted by Gasteiger charge is -2.15. The average Bonchev–Trinajstić information content (AvgIpc) is 2.46. The summed E-state index contributed by atoms with van der Waals surface area (Å²) in [5.74, 6) is -0.110. The van der Waals surface area contributed by atoms with E-state index in [1.807, 2.05) is 6.07 Å². The molecule has 0 spiro atoms. The van der Waals surface area contributed by atoms with Crippen molar-refractivity contribution >= 4 is 17.8 Å². The van der Waals surface area contributed by atoms with E-state index in [2.05, 4.69) is 15.0 Å². The molecule has 1 heterocycles. The predicted molar refractivity (Wildman–Crippen MR) is 70.0 cm³/mol. The Morgan fingerprint density at radius 3 is 2.53 bits per heavy atom. The van der Waals surface area contributed by atoms with Gasteiger partial charge >= 0.3 is 6.01 Å². The fourth-order valence-electron chi connectivity index (χ4n) is 1.47. The molecule has 0 fully saturated rings. The van der Waals surface area contributed by atoms with Crippen molar-refractivity contribution in [1.82, 2.24) is 15.0 Å². The lowest BCUT2D eigenvalue weighted by molar-refractivity contribution is 0.0991. The molecule has 7 nitrogen and oxygen atoms in total. The largest absolute Gasteiger partial charge is 0.467 e. The van der Waals surface area contributed by atoms with Crippen LogP contribution in [-0.4, -0.2) is 35.0 Å². The Balaban J connectivity index is 2.31. The van der Waals surface area contributed by atoms with Gasteiger partial charge in [-0.3, -0.25) is 9.69 Å². The molecule has 2 N–H and O–H groups in total. The maximum atomic E-state index is 12.2. The zero-order chi connectivity index (χ0) is 13.8. The summed E-state index contributed by atoms with van der Waals surface area (Å²) in [6, 6.07) is 8.88. The molecule has 0 saturated heterocycles. The standard InChI is InChI=1S/C12H13N5O2/c1-17(9(18)8-6-4-3-5-7-8)11-14-10(13)15-12(16-11)19-2/h3-7H,1-2H3,(H2,13,14,15,16). The number of amides is 1. The summed E-state index contributed by atoms with van der Waals surface area (Å²) in [4.78, 5) is 25.1. The first-order chi connectivity index (χ1) is 9.11. The van der Waals surface area contributed by atoms with Gasteiger partial charge in [-0.25, -0.2) is 0 Å². The van der Waals surface area contributed by atoms with Gasteiger partial charge in [0, 0.05) is 12.6 Å². The van der Waals surface area contributed by atoms with Crippen LogP contribution in [0.25, 0.3) is 0 Å². The molecule has 0 aliphatic heterocycles.